The minimum Gasteiger partial charge on any atom is -0.489 e. The molecule has 200 valence electrons. The molecule has 0 saturated carbocycles. The van der Waals surface area contributed by atoms with Crippen LogP contribution in [0.4, 0.5) is 0 Å². The molecule has 10 heteroatoms. The lowest BCUT2D eigenvalue weighted by Crippen LogP contribution is -2.54. The molecular weight excluding hydrogens is 490 g/mol. The maximum atomic E-state index is 13.2. The number of hydrogen-bond donors (Lipinski definition) is 0. The van der Waals surface area contributed by atoms with Gasteiger partial charge in [-0.2, -0.15) is 0 Å². The SMILES string of the molecule is CC(C)(c1ccc(COc2cccc3c2CN([C@H]2CCC(=O)N(OC=O)C2=O)C3=O)cc1)N1CCOCC1. The minimum absolute atomic E-state index is 0.00787. The van der Waals surface area contributed by atoms with Gasteiger partial charge in [0.05, 0.1) is 19.8 Å². The molecule has 5 rings (SSSR count). The van der Waals surface area contributed by atoms with E-state index >= 15 is 0 Å². The number of nitrogens with zero attached hydrogens (tertiary/aromatic N) is 3. The van der Waals surface area contributed by atoms with Gasteiger partial charge >= 0.3 is 6.47 Å². The second kappa shape index (κ2) is 10.5. The first-order valence-corrected chi connectivity index (χ1v) is 12.8. The summed E-state index contributed by atoms with van der Waals surface area (Å²) in [5, 5.41) is 0.443. The Kier molecular flexibility index (Phi) is 7.18. The number of rotatable bonds is 8. The van der Waals surface area contributed by atoms with Gasteiger partial charge in [0.15, 0.2) is 0 Å². The Labute approximate surface area is 221 Å². The number of piperidine rings is 1. The number of ether oxygens (including phenoxy) is 2. The van der Waals surface area contributed by atoms with Crippen LogP contribution in [0.15, 0.2) is 42.5 Å². The molecule has 3 aliphatic heterocycles. The van der Waals surface area contributed by atoms with Gasteiger partial charge in [0.25, 0.3) is 17.7 Å². The van der Waals surface area contributed by atoms with Crippen molar-refractivity contribution >= 4 is 24.2 Å². The number of carbonyl (C=O) groups is 4. The first kappa shape index (κ1) is 25.9. The zero-order valence-electron chi connectivity index (χ0n) is 21.6. The molecule has 0 N–H and O–H groups in total. The predicted molar refractivity (Wildman–Crippen MR) is 135 cm³/mol. The largest absolute Gasteiger partial charge is 0.489 e. The summed E-state index contributed by atoms with van der Waals surface area (Å²) >= 11 is 0. The van der Waals surface area contributed by atoms with E-state index in [9.17, 15) is 19.2 Å². The summed E-state index contributed by atoms with van der Waals surface area (Å²) in [5.41, 5.74) is 3.25. The van der Waals surface area contributed by atoms with Gasteiger partial charge in [-0.25, -0.2) is 0 Å². The van der Waals surface area contributed by atoms with Gasteiger partial charge in [-0.3, -0.25) is 24.1 Å². The number of benzene rings is 2. The number of hydrogen-bond acceptors (Lipinski definition) is 8. The van der Waals surface area contributed by atoms with Gasteiger partial charge < -0.3 is 19.2 Å². The number of fused-ring (bicyclic) bond motifs is 1. The number of hydroxylamine groups is 2. The minimum atomic E-state index is -0.900. The lowest BCUT2D eigenvalue weighted by Gasteiger charge is -2.41. The molecule has 0 bridgehead atoms. The van der Waals surface area contributed by atoms with Crippen molar-refractivity contribution in [3.63, 3.8) is 0 Å². The average Bonchev–Trinajstić information content (AvgIpc) is 3.27. The predicted octanol–water partition coefficient (Wildman–Crippen LogP) is 2.39. The van der Waals surface area contributed by atoms with Crippen LogP contribution in [0.25, 0.3) is 0 Å². The van der Waals surface area contributed by atoms with Crippen LogP contribution < -0.4 is 4.74 Å². The van der Waals surface area contributed by atoms with Gasteiger partial charge in [0.2, 0.25) is 0 Å². The molecule has 2 saturated heterocycles. The Hall–Kier alpha value is -3.76. The van der Waals surface area contributed by atoms with E-state index in [0.29, 0.717) is 28.5 Å². The third-order valence-electron chi connectivity index (χ3n) is 7.68. The summed E-state index contributed by atoms with van der Waals surface area (Å²) in [6.45, 7) is 8.24. The standard InChI is InChI=1S/C28H31N3O7/c1-28(2,29-12-14-36-15-13-29)20-8-6-19(7-9-20)17-37-24-5-3-4-21-22(24)16-30(26(21)34)23-10-11-25(33)31(27(23)35)38-18-32/h3-9,18,23H,10-17H2,1-2H3/t23-/m0/s1. The Morgan fingerprint density at radius 2 is 1.79 bits per heavy atom. The summed E-state index contributed by atoms with van der Waals surface area (Å²) in [5.74, 6) is -1.08. The fraction of sp³-hybridized carbons (Fsp3) is 0.429. The van der Waals surface area contributed by atoms with Crippen LogP contribution in [-0.2, 0) is 42.6 Å². The second-order valence-corrected chi connectivity index (χ2v) is 10.1. The van der Waals surface area contributed by atoms with Gasteiger partial charge in [0.1, 0.15) is 18.4 Å². The summed E-state index contributed by atoms with van der Waals surface area (Å²) in [6.07, 6.45) is 0.158. The van der Waals surface area contributed by atoms with Crippen LogP contribution in [0.1, 0.15) is 53.7 Å². The molecule has 38 heavy (non-hydrogen) atoms. The van der Waals surface area contributed by atoms with Crippen molar-refractivity contribution in [3.05, 3.63) is 64.7 Å². The van der Waals surface area contributed by atoms with E-state index in [1.54, 1.807) is 18.2 Å². The molecule has 3 aliphatic rings. The quantitative estimate of drug-likeness (QED) is 0.385. The molecule has 2 aromatic carbocycles. The average molecular weight is 522 g/mol. The van der Waals surface area contributed by atoms with Crippen LogP contribution in [0.2, 0.25) is 0 Å². The van der Waals surface area contributed by atoms with E-state index in [0.717, 1.165) is 31.9 Å². The van der Waals surface area contributed by atoms with E-state index < -0.39 is 17.9 Å². The van der Waals surface area contributed by atoms with Crippen LogP contribution in [0.3, 0.4) is 0 Å². The summed E-state index contributed by atoms with van der Waals surface area (Å²) in [6, 6.07) is 12.7. The topological polar surface area (TPSA) is 106 Å². The molecule has 0 spiro atoms. The van der Waals surface area contributed by atoms with Gasteiger partial charge in [-0.05, 0) is 43.5 Å². The summed E-state index contributed by atoms with van der Waals surface area (Å²) in [4.78, 5) is 57.1. The highest BCUT2D eigenvalue weighted by atomic mass is 16.7. The zero-order chi connectivity index (χ0) is 26.9. The van der Waals surface area contributed by atoms with Crippen molar-refractivity contribution in [2.24, 2.45) is 0 Å². The van der Waals surface area contributed by atoms with Crippen molar-refractivity contribution in [2.75, 3.05) is 26.3 Å². The maximum absolute atomic E-state index is 13.2. The molecule has 0 aliphatic carbocycles. The molecular formula is C28H31N3O7. The second-order valence-electron chi connectivity index (χ2n) is 10.1. The number of imide groups is 1. The first-order chi connectivity index (χ1) is 18.3. The lowest BCUT2D eigenvalue weighted by molar-refractivity contribution is -0.200. The maximum Gasteiger partial charge on any atom is 0.321 e. The van der Waals surface area contributed by atoms with Crippen molar-refractivity contribution in [1.29, 1.82) is 0 Å². The highest BCUT2D eigenvalue weighted by Crippen LogP contribution is 2.35. The summed E-state index contributed by atoms with van der Waals surface area (Å²) in [7, 11) is 0. The molecule has 1 atom stereocenters. The number of carbonyl (C=O) groups excluding carboxylic acids is 4. The highest BCUT2D eigenvalue weighted by Gasteiger charge is 2.44. The molecule has 0 radical (unpaired) electrons. The van der Waals surface area contributed by atoms with Gasteiger partial charge in [-0.1, -0.05) is 30.3 Å². The van der Waals surface area contributed by atoms with E-state index in [1.165, 1.54) is 10.5 Å². The van der Waals surface area contributed by atoms with Crippen LogP contribution in [0.5, 0.6) is 5.75 Å². The van der Waals surface area contributed by atoms with E-state index in [4.69, 9.17) is 9.47 Å². The molecule has 0 unspecified atom stereocenters. The Morgan fingerprint density at radius 3 is 2.50 bits per heavy atom. The van der Waals surface area contributed by atoms with E-state index in [2.05, 4.69) is 47.9 Å². The van der Waals surface area contributed by atoms with Crippen molar-refractivity contribution in [1.82, 2.24) is 14.9 Å². The van der Waals surface area contributed by atoms with Gasteiger partial charge in [0, 0.05) is 36.2 Å². The fourth-order valence-corrected chi connectivity index (χ4v) is 5.37. The third kappa shape index (κ3) is 4.77. The molecule has 3 heterocycles. The monoisotopic (exact) mass is 521 g/mol. The van der Waals surface area contributed by atoms with Crippen molar-refractivity contribution < 1.29 is 33.5 Å². The van der Waals surface area contributed by atoms with Crippen LogP contribution in [-0.4, -0.2) is 71.4 Å². The number of amides is 3. The zero-order valence-corrected chi connectivity index (χ0v) is 21.6. The lowest BCUT2D eigenvalue weighted by atomic mass is 9.91. The molecule has 10 nitrogen and oxygen atoms in total. The molecule has 3 amide bonds. The van der Waals surface area contributed by atoms with Crippen molar-refractivity contribution in [3.8, 4) is 5.75 Å². The molecule has 2 aromatic rings. The first-order valence-electron chi connectivity index (χ1n) is 12.8. The fourth-order valence-electron chi connectivity index (χ4n) is 5.37. The number of morpholine rings is 1. The highest BCUT2D eigenvalue weighted by molar-refractivity contribution is 6.05. The third-order valence-corrected chi connectivity index (χ3v) is 7.68. The summed E-state index contributed by atoms with van der Waals surface area (Å²) < 4.78 is 11.6. The Bertz CT molecular complexity index is 1240. The van der Waals surface area contributed by atoms with Gasteiger partial charge in [-0.15, -0.1) is 5.06 Å². The Morgan fingerprint density at radius 1 is 1.05 bits per heavy atom. The normalized spacial score (nSPS) is 20.5. The van der Waals surface area contributed by atoms with Crippen LogP contribution >= 0.6 is 0 Å². The molecule has 0 aromatic heterocycles. The Balaban J connectivity index is 1.27. The molecule has 2 fully saturated rings. The van der Waals surface area contributed by atoms with E-state index in [-0.39, 0.29) is 37.3 Å². The van der Waals surface area contributed by atoms with Crippen LogP contribution in [0, 0.1) is 0 Å². The van der Waals surface area contributed by atoms with Crippen molar-refractivity contribution in [2.45, 2.75) is 51.4 Å². The smallest absolute Gasteiger partial charge is 0.321 e. The van der Waals surface area contributed by atoms with E-state index in [1.807, 2.05) is 0 Å².